The van der Waals surface area contributed by atoms with Gasteiger partial charge >= 0.3 is 5.97 Å². The van der Waals surface area contributed by atoms with Gasteiger partial charge in [-0.2, -0.15) is 0 Å². The maximum Gasteiger partial charge on any atom is 0.311 e. The molecule has 1 saturated heterocycles. The van der Waals surface area contributed by atoms with Crippen LogP contribution < -0.4 is 10.2 Å². The Hall–Kier alpha value is -2.86. The van der Waals surface area contributed by atoms with Crippen molar-refractivity contribution in [3.05, 3.63) is 64.7 Å². The number of benzene rings is 2. The Morgan fingerprint density at radius 2 is 1.83 bits per heavy atom. The lowest BCUT2D eigenvalue weighted by Gasteiger charge is -2.16. The Morgan fingerprint density at radius 3 is 2.52 bits per heavy atom. The predicted molar refractivity (Wildman–Crippen MR) is 111 cm³/mol. The summed E-state index contributed by atoms with van der Waals surface area (Å²) in [5.41, 5.74) is 2.90. The first-order valence-electron chi connectivity index (χ1n) is 9.47. The highest BCUT2D eigenvalue weighted by Gasteiger charge is 2.36. The second-order valence-electron chi connectivity index (χ2n) is 7.08. The molecule has 152 valence electrons. The summed E-state index contributed by atoms with van der Waals surface area (Å²) in [5, 5.41) is 3.38. The van der Waals surface area contributed by atoms with Gasteiger partial charge in [-0.1, -0.05) is 41.4 Å². The van der Waals surface area contributed by atoms with Crippen LogP contribution in [-0.2, 0) is 25.5 Å². The van der Waals surface area contributed by atoms with E-state index in [1.54, 1.807) is 17.0 Å². The highest BCUT2D eigenvalue weighted by atomic mass is 35.5. The Balaban J connectivity index is 1.41. The number of carbonyl (C=O) groups is 3. The summed E-state index contributed by atoms with van der Waals surface area (Å²) in [6, 6.07) is 14.9. The van der Waals surface area contributed by atoms with Gasteiger partial charge in [0.2, 0.25) is 5.91 Å². The maximum atomic E-state index is 12.3. The predicted octanol–water partition coefficient (Wildman–Crippen LogP) is 2.90. The van der Waals surface area contributed by atoms with E-state index in [4.69, 9.17) is 16.3 Å². The van der Waals surface area contributed by atoms with E-state index < -0.39 is 11.9 Å². The Bertz CT molecular complexity index is 881. The van der Waals surface area contributed by atoms with Crippen molar-refractivity contribution in [1.82, 2.24) is 5.32 Å². The average Bonchev–Trinajstić information content (AvgIpc) is 3.10. The molecule has 1 N–H and O–H groups in total. The standard InChI is InChI=1S/C22H23ClN2O4/c1-15-2-8-19(9-3-15)25-13-17(12-21(25)27)22(28)29-14-20(26)24-11-10-16-4-6-18(23)7-5-16/h2-9,17H,10-14H2,1H3,(H,24,26)/t17-/m0/s1. The van der Waals surface area contributed by atoms with E-state index in [-0.39, 0.29) is 31.4 Å². The molecule has 2 aromatic rings. The zero-order valence-electron chi connectivity index (χ0n) is 16.2. The van der Waals surface area contributed by atoms with Crippen molar-refractivity contribution in [3.8, 4) is 0 Å². The van der Waals surface area contributed by atoms with Gasteiger partial charge in [0.25, 0.3) is 5.91 Å². The van der Waals surface area contributed by atoms with E-state index in [1.165, 1.54) is 0 Å². The fourth-order valence-corrected chi connectivity index (χ4v) is 3.27. The van der Waals surface area contributed by atoms with Crippen LogP contribution in [0.25, 0.3) is 0 Å². The van der Waals surface area contributed by atoms with E-state index >= 15 is 0 Å². The number of esters is 1. The molecule has 7 heteroatoms. The SMILES string of the molecule is Cc1ccc(N2C[C@@H](C(=O)OCC(=O)NCCc3ccc(Cl)cc3)CC2=O)cc1. The Morgan fingerprint density at radius 1 is 1.14 bits per heavy atom. The number of rotatable bonds is 7. The van der Waals surface area contributed by atoms with Crippen LogP contribution >= 0.6 is 11.6 Å². The van der Waals surface area contributed by atoms with E-state index in [0.717, 1.165) is 16.8 Å². The highest BCUT2D eigenvalue weighted by molar-refractivity contribution is 6.30. The molecule has 2 amide bonds. The summed E-state index contributed by atoms with van der Waals surface area (Å²) < 4.78 is 5.11. The molecule has 1 aliphatic heterocycles. The minimum Gasteiger partial charge on any atom is -0.455 e. The molecule has 1 fully saturated rings. The first-order chi connectivity index (χ1) is 13.9. The van der Waals surface area contributed by atoms with Gasteiger partial charge in [0, 0.05) is 30.2 Å². The molecule has 0 saturated carbocycles. The molecule has 3 rings (SSSR count). The molecule has 1 aliphatic rings. The van der Waals surface area contributed by atoms with Crippen LogP contribution in [0.5, 0.6) is 0 Å². The molecular weight excluding hydrogens is 392 g/mol. The van der Waals surface area contributed by atoms with Gasteiger partial charge in [-0.25, -0.2) is 0 Å². The fraction of sp³-hybridized carbons (Fsp3) is 0.318. The van der Waals surface area contributed by atoms with E-state index in [9.17, 15) is 14.4 Å². The minimum absolute atomic E-state index is 0.0882. The van der Waals surface area contributed by atoms with Gasteiger partial charge in [-0.15, -0.1) is 0 Å². The number of aryl methyl sites for hydroxylation is 1. The average molecular weight is 415 g/mol. The quantitative estimate of drug-likeness (QED) is 0.707. The second kappa shape index (κ2) is 9.56. The number of ether oxygens (including phenoxy) is 1. The number of amides is 2. The molecule has 0 radical (unpaired) electrons. The highest BCUT2D eigenvalue weighted by Crippen LogP contribution is 2.26. The van der Waals surface area contributed by atoms with E-state index in [1.807, 2.05) is 43.3 Å². The monoisotopic (exact) mass is 414 g/mol. The molecule has 1 heterocycles. The molecule has 0 spiro atoms. The van der Waals surface area contributed by atoms with Crippen molar-refractivity contribution in [2.75, 3.05) is 24.6 Å². The van der Waals surface area contributed by atoms with Gasteiger partial charge in [0.1, 0.15) is 0 Å². The summed E-state index contributed by atoms with van der Waals surface area (Å²) in [6.07, 6.45) is 0.740. The third-order valence-electron chi connectivity index (χ3n) is 4.80. The first-order valence-corrected chi connectivity index (χ1v) is 9.85. The molecule has 6 nitrogen and oxygen atoms in total. The lowest BCUT2D eigenvalue weighted by molar-refractivity contribution is -0.152. The number of anilines is 1. The van der Waals surface area contributed by atoms with E-state index in [0.29, 0.717) is 18.0 Å². The lowest BCUT2D eigenvalue weighted by Crippen LogP contribution is -2.32. The van der Waals surface area contributed by atoms with Gasteiger partial charge in [-0.3, -0.25) is 14.4 Å². The summed E-state index contributed by atoms with van der Waals surface area (Å²) in [5.74, 6) is -1.58. The second-order valence-corrected chi connectivity index (χ2v) is 7.51. The Labute approximate surface area is 174 Å². The van der Waals surface area contributed by atoms with E-state index in [2.05, 4.69) is 5.32 Å². The van der Waals surface area contributed by atoms with Gasteiger partial charge < -0.3 is 15.0 Å². The van der Waals surface area contributed by atoms with Crippen LogP contribution in [0.2, 0.25) is 5.02 Å². The first kappa shape index (κ1) is 20.9. The zero-order valence-corrected chi connectivity index (χ0v) is 16.9. The molecule has 2 aromatic carbocycles. The summed E-state index contributed by atoms with van der Waals surface area (Å²) in [7, 11) is 0. The molecule has 0 aromatic heterocycles. The van der Waals surface area contributed by atoms with Crippen molar-refractivity contribution < 1.29 is 19.1 Å². The van der Waals surface area contributed by atoms with Crippen LogP contribution in [0.1, 0.15) is 17.5 Å². The zero-order chi connectivity index (χ0) is 20.8. The van der Waals surface area contributed by atoms with Crippen molar-refractivity contribution in [2.24, 2.45) is 5.92 Å². The van der Waals surface area contributed by atoms with Gasteiger partial charge in [0.05, 0.1) is 5.92 Å². The van der Waals surface area contributed by atoms with Crippen LogP contribution in [0.15, 0.2) is 48.5 Å². The number of carbonyl (C=O) groups excluding carboxylic acids is 3. The number of hydrogen-bond donors (Lipinski definition) is 1. The number of hydrogen-bond acceptors (Lipinski definition) is 4. The van der Waals surface area contributed by atoms with Crippen LogP contribution in [0, 0.1) is 12.8 Å². The van der Waals surface area contributed by atoms with Crippen LogP contribution in [0.3, 0.4) is 0 Å². The number of nitrogens with zero attached hydrogens (tertiary/aromatic N) is 1. The van der Waals surface area contributed by atoms with Crippen molar-refractivity contribution in [2.45, 2.75) is 19.8 Å². The Kier molecular flexibility index (Phi) is 6.88. The smallest absolute Gasteiger partial charge is 0.311 e. The summed E-state index contributed by atoms with van der Waals surface area (Å²) in [4.78, 5) is 38.0. The molecule has 0 bridgehead atoms. The normalized spacial score (nSPS) is 16.0. The molecule has 1 atom stereocenters. The third kappa shape index (κ3) is 5.81. The van der Waals surface area contributed by atoms with Gasteiger partial charge in [-0.05, 0) is 43.2 Å². The van der Waals surface area contributed by atoms with Crippen LogP contribution in [-0.4, -0.2) is 37.5 Å². The maximum absolute atomic E-state index is 12.3. The number of nitrogens with one attached hydrogen (secondary N) is 1. The molecule has 0 unspecified atom stereocenters. The van der Waals surface area contributed by atoms with Crippen molar-refractivity contribution >= 4 is 35.1 Å². The molecule has 29 heavy (non-hydrogen) atoms. The molecule has 0 aliphatic carbocycles. The minimum atomic E-state index is -0.564. The van der Waals surface area contributed by atoms with Crippen LogP contribution in [0.4, 0.5) is 5.69 Å². The molecular formula is C22H23ClN2O4. The topological polar surface area (TPSA) is 75.7 Å². The van der Waals surface area contributed by atoms with Crippen molar-refractivity contribution in [3.63, 3.8) is 0 Å². The largest absolute Gasteiger partial charge is 0.455 e. The summed E-state index contributed by atoms with van der Waals surface area (Å²) >= 11 is 5.84. The lowest BCUT2D eigenvalue weighted by atomic mass is 10.1. The summed E-state index contributed by atoms with van der Waals surface area (Å²) in [6.45, 7) is 2.31. The van der Waals surface area contributed by atoms with Gasteiger partial charge in [0.15, 0.2) is 6.61 Å². The number of halogens is 1. The van der Waals surface area contributed by atoms with Crippen molar-refractivity contribution in [1.29, 1.82) is 0 Å². The fourth-order valence-electron chi connectivity index (χ4n) is 3.14. The third-order valence-corrected chi connectivity index (χ3v) is 5.05.